The van der Waals surface area contributed by atoms with E-state index in [1.807, 2.05) is 18.2 Å². The first kappa shape index (κ1) is 16.1. The molecule has 0 bridgehead atoms. The van der Waals surface area contributed by atoms with Gasteiger partial charge >= 0.3 is 0 Å². The lowest BCUT2D eigenvalue weighted by Gasteiger charge is -2.33. The molecule has 1 aliphatic rings. The van der Waals surface area contributed by atoms with Crippen LogP contribution in [-0.2, 0) is 4.79 Å². The summed E-state index contributed by atoms with van der Waals surface area (Å²) in [5.74, 6) is 0.0388. The van der Waals surface area contributed by atoms with Crippen molar-refractivity contribution in [2.24, 2.45) is 11.7 Å². The van der Waals surface area contributed by atoms with Gasteiger partial charge in [0.25, 0.3) is 0 Å². The molecule has 1 heterocycles. The number of ether oxygens (including phenoxy) is 1. The van der Waals surface area contributed by atoms with Gasteiger partial charge in [0.05, 0.1) is 5.02 Å². The van der Waals surface area contributed by atoms with E-state index in [0.717, 1.165) is 32.5 Å². The quantitative estimate of drug-likeness (QED) is 0.829. The minimum absolute atomic E-state index is 0.0248. The van der Waals surface area contributed by atoms with Crippen LogP contribution in [-0.4, -0.2) is 48.3 Å². The lowest BCUT2D eigenvalue weighted by atomic mass is 9.91. The maximum atomic E-state index is 11.0. The highest BCUT2D eigenvalue weighted by atomic mass is 35.5. The first-order valence-corrected chi connectivity index (χ1v) is 7.53. The summed E-state index contributed by atoms with van der Waals surface area (Å²) in [5.41, 5.74) is 5.13. The van der Waals surface area contributed by atoms with Crippen molar-refractivity contribution in [2.45, 2.75) is 18.9 Å². The highest BCUT2D eigenvalue weighted by Crippen LogP contribution is 2.23. The van der Waals surface area contributed by atoms with Crippen molar-refractivity contribution in [3.8, 4) is 5.75 Å². The van der Waals surface area contributed by atoms with Crippen LogP contribution in [0.15, 0.2) is 24.3 Å². The lowest BCUT2D eigenvalue weighted by Crippen LogP contribution is -2.43. The third-order valence-electron chi connectivity index (χ3n) is 3.87. The van der Waals surface area contributed by atoms with Crippen molar-refractivity contribution in [2.75, 3.05) is 26.2 Å². The van der Waals surface area contributed by atoms with Crippen LogP contribution in [0, 0.1) is 5.92 Å². The molecule has 0 saturated carbocycles. The highest BCUT2D eigenvalue weighted by molar-refractivity contribution is 6.32. The van der Waals surface area contributed by atoms with Gasteiger partial charge in [0, 0.05) is 6.54 Å². The van der Waals surface area contributed by atoms with Crippen LogP contribution >= 0.6 is 11.6 Å². The Morgan fingerprint density at radius 3 is 2.71 bits per heavy atom. The number of hydrogen-bond donors (Lipinski definition) is 2. The fraction of sp³-hybridized carbons (Fsp3) is 0.533. The Bertz CT molecular complexity index is 476. The van der Waals surface area contributed by atoms with E-state index in [4.69, 9.17) is 22.1 Å². The molecule has 0 unspecified atom stereocenters. The number of amides is 1. The second kappa shape index (κ2) is 7.64. The van der Waals surface area contributed by atoms with Gasteiger partial charge in [-0.1, -0.05) is 23.7 Å². The molecule has 1 aromatic rings. The second-order valence-electron chi connectivity index (χ2n) is 5.31. The average molecular weight is 313 g/mol. The topological polar surface area (TPSA) is 75.8 Å². The minimum Gasteiger partial charge on any atom is -0.491 e. The molecule has 1 atom stereocenters. The zero-order valence-electron chi connectivity index (χ0n) is 11.9. The molecular weight excluding hydrogens is 292 g/mol. The van der Waals surface area contributed by atoms with E-state index in [-0.39, 0.29) is 5.92 Å². The normalized spacial score (nSPS) is 18.4. The maximum Gasteiger partial charge on any atom is 0.246 e. The molecule has 6 heteroatoms. The van der Waals surface area contributed by atoms with Crippen molar-refractivity contribution in [3.63, 3.8) is 0 Å². The van der Waals surface area contributed by atoms with E-state index in [1.165, 1.54) is 0 Å². The molecular formula is C15H21ClN2O3. The van der Waals surface area contributed by atoms with Crippen molar-refractivity contribution < 1.29 is 14.6 Å². The van der Waals surface area contributed by atoms with E-state index in [1.54, 1.807) is 6.07 Å². The monoisotopic (exact) mass is 312 g/mol. The number of hydrogen-bond acceptors (Lipinski definition) is 4. The smallest absolute Gasteiger partial charge is 0.246 e. The number of nitrogens with zero attached hydrogens (tertiary/aromatic N) is 1. The Kier molecular flexibility index (Phi) is 5.85. The standard InChI is InChI=1S/C15H21ClN2O3/c16-12-3-1-2-4-13(12)21-10-9-18-7-5-11(6-8-18)14(19)15(17)20/h1-4,11,14,19H,5-10H2,(H2,17,20)/t14-/m0/s1. The molecule has 116 valence electrons. The van der Waals surface area contributed by atoms with Crippen LogP contribution in [0.4, 0.5) is 0 Å². The maximum absolute atomic E-state index is 11.0. The van der Waals surface area contributed by atoms with E-state index < -0.39 is 12.0 Å². The van der Waals surface area contributed by atoms with Gasteiger partial charge in [0.15, 0.2) is 0 Å². The molecule has 0 spiro atoms. The number of primary amides is 1. The summed E-state index contributed by atoms with van der Waals surface area (Å²) in [6.07, 6.45) is 0.526. The number of para-hydroxylation sites is 1. The van der Waals surface area contributed by atoms with Crippen LogP contribution in [0.25, 0.3) is 0 Å². The summed E-state index contributed by atoms with van der Waals surface area (Å²) >= 11 is 6.02. The van der Waals surface area contributed by atoms with E-state index >= 15 is 0 Å². The fourth-order valence-electron chi connectivity index (χ4n) is 2.57. The van der Waals surface area contributed by atoms with Gasteiger partial charge in [-0.05, 0) is 44.0 Å². The molecule has 5 nitrogen and oxygen atoms in total. The zero-order chi connectivity index (χ0) is 15.2. The number of halogens is 1. The van der Waals surface area contributed by atoms with Gasteiger partial charge < -0.3 is 15.6 Å². The van der Waals surface area contributed by atoms with Crippen LogP contribution < -0.4 is 10.5 Å². The largest absolute Gasteiger partial charge is 0.491 e. The van der Waals surface area contributed by atoms with Crippen LogP contribution in [0.5, 0.6) is 5.75 Å². The summed E-state index contributed by atoms with van der Waals surface area (Å²) in [6, 6.07) is 7.40. The molecule has 0 aromatic heterocycles. The summed E-state index contributed by atoms with van der Waals surface area (Å²) in [5, 5.41) is 10.3. The van der Waals surface area contributed by atoms with Gasteiger partial charge in [-0.25, -0.2) is 0 Å². The SMILES string of the molecule is NC(=O)[C@@H](O)C1CCN(CCOc2ccccc2Cl)CC1. The molecule has 2 rings (SSSR count). The number of carbonyl (C=O) groups excluding carboxylic acids is 1. The summed E-state index contributed by atoms with van der Waals surface area (Å²) < 4.78 is 5.65. The highest BCUT2D eigenvalue weighted by Gasteiger charge is 2.28. The number of piperidine rings is 1. The number of aliphatic hydroxyl groups excluding tert-OH is 1. The summed E-state index contributed by atoms with van der Waals surface area (Å²) in [4.78, 5) is 13.2. The van der Waals surface area contributed by atoms with Crippen LogP contribution in [0.2, 0.25) is 5.02 Å². The molecule has 1 amide bonds. The van der Waals surface area contributed by atoms with Crippen molar-refractivity contribution in [1.29, 1.82) is 0 Å². The molecule has 1 fully saturated rings. The molecule has 1 saturated heterocycles. The first-order chi connectivity index (χ1) is 10.1. The number of likely N-dealkylation sites (tertiary alicyclic amines) is 1. The Morgan fingerprint density at radius 2 is 2.10 bits per heavy atom. The number of rotatable bonds is 6. The first-order valence-electron chi connectivity index (χ1n) is 7.15. The number of benzene rings is 1. The number of nitrogens with two attached hydrogens (primary N) is 1. The van der Waals surface area contributed by atoms with E-state index in [2.05, 4.69) is 4.90 Å². The number of carbonyl (C=O) groups is 1. The number of aliphatic hydroxyl groups is 1. The van der Waals surface area contributed by atoms with E-state index in [9.17, 15) is 9.90 Å². The molecule has 21 heavy (non-hydrogen) atoms. The lowest BCUT2D eigenvalue weighted by molar-refractivity contribution is -0.129. The van der Waals surface area contributed by atoms with Crippen LogP contribution in [0.3, 0.4) is 0 Å². The predicted molar refractivity (Wildman–Crippen MR) is 81.3 cm³/mol. The van der Waals surface area contributed by atoms with E-state index in [0.29, 0.717) is 17.4 Å². The fourth-order valence-corrected chi connectivity index (χ4v) is 2.76. The predicted octanol–water partition coefficient (Wildman–Crippen LogP) is 1.28. The average Bonchev–Trinajstić information content (AvgIpc) is 2.49. The van der Waals surface area contributed by atoms with Gasteiger partial charge in [0.1, 0.15) is 18.5 Å². The van der Waals surface area contributed by atoms with Gasteiger partial charge in [-0.15, -0.1) is 0 Å². The minimum atomic E-state index is -1.02. The van der Waals surface area contributed by atoms with Crippen LogP contribution in [0.1, 0.15) is 12.8 Å². The molecule has 3 N–H and O–H groups in total. The second-order valence-corrected chi connectivity index (χ2v) is 5.71. The van der Waals surface area contributed by atoms with Gasteiger partial charge in [-0.3, -0.25) is 9.69 Å². The Hall–Kier alpha value is -1.30. The van der Waals surface area contributed by atoms with Gasteiger partial charge in [0.2, 0.25) is 5.91 Å². The molecule has 1 aromatic carbocycles. The zero-order valence-corrected chi connectivity index (χ0v) is 12.6. The molecule has 0 radical (unpaired) electrons. The summed E-state index contributed by atoms with van der Waals surface area (Å²) in [6.45, 7) is 3.03. The Labute approximate surface area is 129 Å². The molecule has 1 aliphatic heterocycles. The van der Waals surface area contributed by atoms with Crippen molar-refractivity contribution in [3.05, 3.63) is 29.3 Å². The third-order valence-corrected chi connectivity index (χ3v) is 4.18. The Balaban J connectivity index is 1.70. The van der Waals surface area contributed by atoms with Crippen molar-refractivity contribution >= 4 is 17.5 Å². The summed E-state index contributed by atoms with van der Waals surface area (Å²) in [7, 11) is 0. The Morgan fingerprint density at radius 1 is 1.43 bits per heavy atom. The van der Waals surface area contributed by atoms with Gasteiger partial charge in [-0.2, -0.15) is 0 Å². The third kappa shape index (κ3) is 4.59. The van der Waals surface area contributed by atoms with Crippen molar-refractivity contribution in [1.82, 2.24) is 4.90 Å². The molecule has 0 aliphatic carbocycles.